The lowest BCUT2D eigenvalue weighted by atomic mass is 10.2. The van der Waals surface area contributed by atoms with Crippen LogP contribution in [0.2, 0.25) is 0 Å². The Balaban J connectivity index is 1.66. The van der Waals surface area contributed by atoms with Gasteiger partial charge in [0.2, 0.25) is 5.13 Å². The average Bonchev–Trinajstić information content (AvgIpc) is 3.15. The number of hydrazone groups is 1. The van der Waals surface area contributed by atoms with Gasteiger partial charge in [0.1, 0.15) is 0 Å². The summed E-state index contributed by atoms with van der Waals surface area (Å²) in [6.07, 6.45) is 3.81. The molecule has 0 aliphatic rings. The molecular weight excluding hydrogens is 300 g/mol. The molecule has 0 unspecified atom stereocenters. The Bertz CT molecular complexity index is 822. The molecule has 0 saturated heterocycles. The van der Waals surface area contributed by atoms with Crippen LogP contribution in [0.4, 0.5) is 5.13 Å². The molecular formula is C15H14N4O2S. The summed E-state index contributed by atoms with van der Waals surface area (Å²) in [4.78, 5) is 18.6. The molecule has 3 aromatic rings. The molecule has 0 saturated carbocycles. The number of aromatic amines is 1. The van der Waals surface area contributed by atoms with Crippen LogP contribution in [0.25, 0.3) is 10.9 Å². The molecule has 0 bridgehead atoms. The number of H-pyrrole nitrogens is 1. The summed E-state index contributed by atoms with van der Waals surface area (Å²) in [5.41, 5.74) is 5.60. The number of esters is 1. The number of nitrogens with one attached hydrogen (secondary N) is 2. The minimum Gasteiger partial charge on any atom is -0.469 e. The second-order valence-electron chi connectivity index (χ2n) is 4.56. The number of thiazole rings is 1. The lowest BCUT2D eigenvalue weighted by Crippen LogP contribution is -2.04. The van der Waals surface area contributed by atoms with Gasteiger partial charge in [-0.1, -0.05) is 18.2 Å². The summed E-state index contributed by atoms with van der Waals surface area (Å²) in [5.74, 6) is -0.306. The molecule has 1 aromatic carbocycles. The van der Waals surface area contributed by atoms with Gasteiger partial charge in [0.15, 0.2) is 0 Å². The normalized spacial score (nSPS) is 11.1. The van der Waals surface area contributed by atoms with E-state index in [2.05, 4.69) is 25.2 Å². The van der Waals surface area contributed by atoms with Crippen molar-refractivity contribution >= 4 is 39.6 Å². The van der Waals surface area contributed by atoms with Crippen molar-refractivity contribution in [2.45, 2.75) is 6.42 Å². The lowest BCUT2D eigenvalue weighted by molar-refractivity contribution is -0.139. The van der Waals surface area contributed by atoms with Crippen LogP contribution >= 0.6 is 11.3 Å². The fraction of sp³-hybridized carbons (Fsp3) is 0.133. The van der Waals surface area contributed by atoms with Crippen LogP contribution < -0.4 is 5.43 Å². The SMILES string of the molecule is COC(=O)Cc1csc(N/N=C\c2c[nH]c3ccccc23)n1. The fourth-order valence-corrected chi connectivity index (χ4v) is 2.68. The molecule has 6 nitrogen and oxygen atoms in total. The number of hydrogen-bond acceptors (Lipinski definition) is 6. The number of rotatable bonds is 5. The summed E-state index contributed by atoms with van der Waals surface area (Å²) in [7, 11) is 1.36. The standard InChI is InChI=1S/C15H14N4O2S/c1-21-14(20)6-11-9-22-15(18-11)19-17-8-10-7-16-13-5-3-2-4-12(10)13/h2-5,7-9,16H,6H2,1H3,(H,18,19)/b17-8-. The number of carbonyl (C=O) groups excluding carboxylic acids is 1. The maximum atomic E-state index is 11.2. The third-order valence-corrected chi connectivity index (χ3v) is 3.89. The lowest BCUT2D eigenvalue weighted by Gasteiger charge is -1.95. The number of hydrogen-bond donors (Lipinski definition) is 2. The van der Waals surface area contributed by atoms with E-state index >= 15 is 0 Å². The number of ether oxygens (including phenoxy) is 1. The van der Waals surface area contributed by atoms with Gasteiger partial charge < -0.3 is 9.72 Å². The summed E-state index contributed by atoms with van der Waals surface area (Å²) in [6.45, 7) is 0. The van der Waals surface area contributed by atoms with Gasteiger partial charge in [-0.25, -0.2) is 4.98 Å². The highest BCUT2D eigenvalue weighted by Gasteiger charge is 2.07. The van der Waals surface area contributed by atoms with E-state index in [1.807, 2.05) is 30.5 Å². The highest BCUT2D eigenvalue weighted by Crippen LogP contribution is 2.17. The maximum absolute atomic E-state index is 11.2. The number of anilines is 1. The molecule has 0 atom stereocenters. The zero-order valence-electron chi connectivity index (χ0n) is 11.9. The van der Waals surface area contributed by atoms with Gasteiger partial charge in [0, 0.05) is 28.0 Å². The highest BCUT2D eigenvalue weighted by molar-refractivity contribution is 7.13. The van der Waals surface area contributed by atoms with E-state index in [-0.39, 0.29) is 12.4 Å². The molecule has 112 valence electrons. The first-order valence-corrected chi connectivity index (χ1v) is 7.50. The number of carbonyl (C=O) groups is 1. The van der Waals surface area contributed by atoms with Crippen LogP contribution in [0, 0.1) is 0 Å². The number of benzene rings is 1. The molecule has 0 amide bonds. The van der Waals surface area contributed by atoms with Crippen molar-refractivity contribution in [3.63, 3.8) is 0 Å². The maximum Gasteiger partial charge on any atom is 0.311 e. The van der Waals surface area contributed by atoms with Crippen molar-refractivity contribution in [1.82, 2.24) is 9.97 Å². The van der Waals surface area contributed by atoms with Crippen LogP contribution in [0.3, 0.4) is 0 Å². The quantitative estimate of drug-likeness (QED) is 0.431. The largest absolute Gasteiger partial charge is 0.469 e. The average molecular weight is 314 g/mol. The van der Waals surface area contributed by atoms with Crippen molar-refractivity contribution in [2.75, 3.05) is 12.5 Å². The van der Waals surface area contributed by atoms with Gasteiger partial charge in [-0.15, -0.1) is 11.3 Å². The Morgan fingerprint density at radius 2 is 2.36 bits per heavy atom. The number of methoxy groups -OCH3 is 1. The van der Waals surface area contributed by atoms with E-state index < -0.39 is 0 Å². The molecule has 0 radical (unpaired) electrons. The van der Waals surface area contributed by atoms with Gasteiger partial charge in [-0.05, 0) is 6.07 Å². The van der Waals surface area contributed by atoms with Gasteiger partial charge in [-0.2, -0.15) is 5.10 Å². The molecule has 2 heterocycles. The minimum atomic E-state index is -0.306. The van der Waals surface area contributed by atoms with Crippen molar-refractivity contribution in [2.24, 2.45) is 5.10 Å². The minimum absolute atomic E-state index is 0.168. The number of nitrogens with zero attached hydrogens (tertiary/aromatic N) is 2. The number of para-hydroxylation sites is 1. The van der Waals surface area contributed by atoms with E-state index in [9.17, 15) is 4.79 Å². The first-order chi connectivity index (χ1) is 10.8. The summed E-state index contributed by atoms with van der Waals surface area (Å²) >= 11 is 1.39. The van der Waals surface area contributed by atoms with Gasteiger partial charge in [-0.3, -0.25) is 10.2 Å². The molecule has 0 spiro atoms. The molecule has 0 aliphatic heterocycles. The molecule has 22 heavy (non-hydrogen) atoms. The fourth-order valence-electron chi connectivity index (χ4n) is 2.02. The molecule has 3 rings (SSSR count). The van der Waals surface area contributed by atoms with Crippen LogP contribution in [0.5, 0.6) is 0 Å². The molecule has 0 aliphatic carbocycles. The number of fused-ring (bicyclic) bond motifs is 1. The smallest absolute Gasteiger partial charge is 0.311 e. The van der Waals surface area contributed by atoms with Crippen molar-refractivity contribution < 1.29 is 9.53 Å². The Kier molecular flexibility index (Phi) is 4.15. The zero-order chi connectivity index (χ0) is 15.4. The van der Waals surface area contributed by atoms with E-state index in [4.69, 9.17) is 0 Å². The van der Waals surface area contributed by atoms with E-state index in [0.29, 0.717) is 10.8 Å². The second kappa shape index (κ2) is 6.40. The summed E-state index contributed by atoms with van der Waals surface area (Å²) in [6, 6.07) is 8.02. The Morgan fingerprint density at radius 3 is 3.23 bits per heavy atom. The van der Waals surface area contributed by atoms with Gasteiger partial charge in [0.25, 0.3) is 0 Å². The first kappa shape index (κ1) is 14.3. The van der Waals surface area contributed by atoms with Crippen LogP contribution in [0.15, 0.2) is 40.9 Å². The first-order valence-electron chi connectivity index (χ1n) is 6.62. The Hall–Kier alpha value is -2.67. The predicted molar refractivity (Wildman–Crippen MR) is 87.3 cm³/mol. The van der Waals surface area contributed by atoms with E-state index in [1.54, 1.807) is 11.6 Å². The predicted octanol–water partition coefficient (Wildman–Crippen LogP) is 2.79. The summed E-state index contributed by atoms with van der Waals surface area (Å²) < 4.78 is 4.61. The molecule has 2 N–H and O–H groups in total. The van der Waals surface area contributed by atoms with Crippen molar-refractivity contribution in [3.05, 3.63) is 47.1 Å². The topological polar surface area (TPSA) is 79.4 Å². The molecule has 2 aromatic heterocycles. The Morgan fingerprint density at radius 1 is 1.50 bits per heavy atom. The van der Waals surface area contributed by atoms with E-state index in [1.165, 1.54) is 18.4 Å². The molecule has 7 heteroatoms. The third kappa shape index (κ3) is 3.15. The van der Waals surface area contributed by atoms with Gasteiger partial charge in [0.05, 0.1) is 25.4 Å². The van der Waals surface area contributed by atoms with Crippen LogP contribution in [-0.2, 0) is 16.0 Å². The Labute approximate surface area is 130 Å². The zero-order valence-corrected chi connectivity index (χ0v) is 12.7. The van der Waals surface area contributed by atoms with E-state index in [0.717, 1.165) is 16.5 Å². The van der Waals surface area contributed by atoms with Crippen LogP contribution in [0.1, 0.15) is 11.3 Å². The monoisotopic (exact) mass is 314 g/mol. The van der Waals surface area contributed by atoms with Crippen molar-refractivity contribution in [3.8, 4) is 0 Å². The van der Waals surface area contributed by atoms with Crippen LogP contribution in [-0.4, -0.2) is 29.3 Å². The summed E-state index contributed by atoms with van der Waals surface area (Å²) in [5, 5.41) is 7.73. The van der Waals surface area contributed by atoms with Crippen molar-refractivity contribution in [1.29, 1.82) is 0 Å². The second-order valence-corrected chi connectivity index (χ2v) is 5.41. The molecule has 0 fully saturated rings. The number of aromatic nitrogens is 2. The highest BCUT2D eigenvalue weighted by atomic mass is 32.1. The van der Waals surface area contributed by atoms with Gasteiger partial charge >= 0.3 is 5.97 Å². The third-order valence-electron chi connectivity index (χ3n) is 3.09.